The molecule has 4 rings (SSSR count). The van der Waals surface area contributed by atoms with E-state index < -0.39 is 16.0 Å². The smallest absolute Gasteiger partial charge is 0.335 e. The van der Waals surface area contributed by atoms with E-state index in [2.05, 4.69) is 9.62 Å². The van der Waals surface area contributed by atoms with Gasteiger partial charge in [-0.05, 0) is 68.4 Å². The van der Waals surface area contributed by atoms with Crippen molar-refractivity contribution in [2.75, 3.05) is 16.2 Å². The first-order valence-electron chi connectivity index (χ1n) is 11.2. The van der Waals surface area contributed by atoms with E-state index in [4.69, 9.17) is 11.6 Å². The largest absolute Gasteiger partial charge is 0.478 e. The van der Waals surface area contributed by atoms with Gasteiger partial charge in [0.2, 0.25) is 0 Å². The third-order valence-corrected chi connectivity index (χ3v) is 8.23. The Morgan fingerprint density at radius 1 is 1.12 bits per heavy atom. The molecule has 0 aromatic heterocycles. The Morgan fingerprint density at radius 3 is 2.61 bits per heavy atom. The maximum absolute atomic E-state index is 13.5. The Labute approximate surface area is 199 Å². The topological polar surface area (TPSA) is 110 Å². The van der Waals surface area contributed by atoms with Gasteiger partial charge in [0, 0.05) is 12.6 Å². The van der Waals surface area contributed by atoms with Crippen LogP contribution >= 0.6 is 11.6 Å². The molecule has 0 radical (unpaired) electrons. The summed E-state index contributed by atoms with van der Waals surface area (Å²) in [5, 5.41) is 19.2. The molecule has 1 fully saturated rings. The first kappa shape index (κ1) is 23.4. The summed E-state index contributed by atoms with van der Waals surface area (Å²) in [5.41, 5.74) is 1.61. The van der Waals surface area contributed by atoms with Crippen LogP contribution in [0.2, 0.25) is 5.02 Å². The number of nitriles is 1. The second-order valence-corrected chi connectivity index (χ2v) is 10.7. The minimum atomic E-state index is -4.12. The molecule has 9 heteroatoms. The second kappa shape index (κ2) is 9.62. The number of benzene rings is 2. The van der Waals surface area contributed by atoms with Gasteiger partial charge in [-0.2, -0.15) is 5.26 Å². The monoisotopic (exact) mass is 487 g/mol. The molecular weight excluding hydrogens is 462 g/mol. The van der Waals surface area contributed by atoms with Crippen molar-refractivity contribution in [1.82, 2.24) is 0 Å². The summed E-state index contributed by atoms with van der Waals surface area (Å²) >= 11 is 6.36. The zero-order chi connectivity index (χ0) is 23.6. The summed E-state index contributed by atoms with van der Waals surface area (Å²) in [6.07, 6.45) is 7.46. The molecular formula is C24H26ClN3O4S. The normalized spacial score (nSPS) is 20.4. The number of rotatable bonds is 1. The molecule has 1 atom stereocenters. The molecule has 2 aliphatic rings. The van der Waals surface area contributed by atoms with E-state index in [1.165, 1.54) is 18.2 Å². The van der Waals surface area contributed by atoms with Crippen LogP contribution in [-0.2, 0) is 16.4 Å². The number of aromatic carboxylic acids is 1. The van der Waals surface area contributed by atoms with Crippen LogP contribution in [0.15, 0.2) is 35.2 Å². The van der Waals surface area contributed by atoms with Crippen LogP contribution in [0.1, 0.15) is 66.4 Å². The van der Waals surface area contributed by atoms with E-state index in [1.807, 2.05) is 6.07 Å². The van der Waals surface area contributed by atoms with Gasteiger partial charge in [0.15, 0.2) is 0 Å². The molecule has 7 nitrogen and oxygen atoms in total. The SMILES string of the molecule is N#Cc1cc2c(cc1Cl)N1CCCC[C@H]1CCCCCc1ccc(C(=O)O)cc1S(=O)(=O)N2. The van der Waals surface area contributed by atoms with Gasteiger partial charge in [-0.3, -0.25) is 4.72 Å². The number of anilines is 2. The van der Waals surface area contributed by atoms with Crippen molar-refractivity contribution in [1.29, 1.82) is 5.26 Å². The van der Waals surface area contributed by atoms with E-state index in [0.29, 0.717) is 17.7 Å². The fourth-order valence-electron chi connectivity index (χ4n) is 4.80. The van der Waals surface area contributed by atoms with E-state index >= 15 is 0 Å². The average molecular weight is 488 g/mol. The molecule has 0 bridgehead atoms. The Hall–Kier alpha value is -2.76. The number of hydrogen-bond acceptors (Lipinski definition) is 5. The minimum Gasteiger partial charge on any atom is -0.478 e. The highest BCUT2D eigenvalue weighted by Gasteiger charge is 2.28. The van der Waals surface area contributed by atoms with Crippen molar-refractivity contribution in [2.45, 2.75) is 62.3 Å². The molecule has 0 spiro atoms. The lowest BCUT2D eigenvalue weighted by molar-refractivity contribution is 0.0696. The molecule has 0 amide bonds. The predicted molar refractivity (Wildman–Crippen MR) is 128 cm³/mol. The van der Waals surface area contributed by atoms with E-state index in [-0.39, 0.29) is 32.8 Å². The first-order chi connectivity index (χ1) is 15.8. The second-order valence-electron chi connectivity index (χ2n) is 8.64. The highest BCUT2D eigenvalue weighted by atomic mass is 35.5. The predicted octanol–water partition coefficient (Wildman–Crippen LogP) is 5.19. The van der Waals surface area contributed by atoms with E-state index in [0.717, 1.165) is 51.5 Å². The van der Waals surface area contributed by atoms with Crippen LogP contribution in [0.3, 0.4) is 0 Å². The Balaban J connectivity index is 1.88. The fourth-order valence-corrected chi connectivity index (χ4v) is 6.36. The molecule has 2 heterocycles. The zero-order valence-corrected chi connectivity index (χ0v) is 19.8. The lowest BCUT2D eigenvalue weighted by atomic mass is 9.95. The number of sulfonamides is 1. The van der Waals surface area contributed by atoms with Gasteiger partial charge in [-0.25, -0.2) is 13.2 Å². The Morgan fingerprint density at radius 2 is 1.88 bits per heavy atom. The van der Waals surface area contributed by atoms with Gasteiger partial charge in [0.05, 0.1) is 32.4 Å². The van der Waals surface area contributed by atoms with Gasteiger partial charge >= 0.3 is 5.97 Å². The first-order valence-corrected chi connectivity index (χ1v) is 13.1. The lowest BCUT2D eigenvalue weighted by Crippen LogP contribution is -2.40. The van der Waals surface area contributed by atoms with Crippen molar-refractivity contribution >= 4 is 39.0 Å². The van der Waals surface area contributed by atoms with Crippen LogP contribution < -0.4 is 9.62 Å². The van der Waals surface area contributed by atoms with Gasteiger partial charge in [0.1, 0.15) is 6.07 Å². The van der Waals surface area contributed by atoms with Crippen LogP contribution in [0.4, 0.5) is 11.4 Å². The molecule has 0 unspecified atom stereocenters. The van der Waals surface area contributed by atoms with Crippen molar-refractivity contribution in [2.24, 2.45) is 0 Å². The van der Waals surface area contributed by atoms with Gasteiger partial charge in [0.25, 0.3) is 10.0 Å². The third-order valence-electron chi connectivity index (χ3n) is 6.47. The number of carboxylic acids is 1. The van der Waals surface area contributed by atoms with Crippen LogP contribution in [0.25, 0.3) is 0 Å². The van der Waals surface area contributed by atoms with Crippen molar-refractivity contribution in [3.05, 3.63) is 52.0 Å². The standard InChI is InChI=1S/C24H26ClN3O4S/c25-20-14-22-21(12-18(20)15-26)27-33(31,32)23-13-17(24(29)30)10-9-16(23)6-2-1-3-7-19-8-4-5-11-28(19)22/h9-10,12-14,19,27H,1-8,11H2,(H,29,30)/t19-/m1/s1. The highest BCUT2D eigenvalue weighted by Crippen LogP contribution is 2.38. The summed E-state index contributed by atoms with van der Waals surface area (Å²) in [6.45, 7) is 0.779. The number of aryl methyl sites for hydroxylation is 1. The summed E-state index contributed by atoms with van der Waals surface area (Å²) in [6, 6.07) is 9.68. The zero-order valence-electron chi connectivity index (χ0n) is 18.2. The summed E-state index contributed by atoms with van der Waals surface area (Å²) in [4.78, 5) is 13.7. The molecule has 1 saturated heterocycles. The number of fused-ring (bicyclic) bond motifs is 4. The number of halogens is 1. The summed E-state index contributed by atoms with van der Waals surface area (Å²) < 4.78 is 29.7. The minimum absolute atomic E-state index is 0.0451. The molecule has 2 aliphatic heterocycles. The molecule has 33 heavy (non-hydrogen) atoms. The lowest BCUT2D eigenvalue weighted by Gasteiger charge is -2.39. The van der Waals surface area contributed by atoms with Gasteiger partial charge in [-0.15, -0.1) is 0 Å². The van der Waals surface area contributed by atoms with E-state index in [1.54, 1.807) is 12.1 Å². The molecule has 174 valence electrons. The number of piperidine rings is 1. The Kier molecular flexibility index (Phi) is 6.82. The number of carboxylic acid groups (broad SMARTS) is 1. The van der Waals surface area contributed by atoms with Crippen LogP contribution in [0, 0.1) is 11.3 Å². The highest BCUT2D eigenvalue weighted by molar-refractivity contribution is 7.92. The van der Waals surface area contributed by atoms with Crippen molar-refractivity contribution in [3.63, 3.8) is 0 Å². The van der Waals surface area contributed by atoms with Crippen LogP contribution in [0.5, 0.6) is 0 Å². The van der Waals surface area contributed by atoms with Gasteiger partial charge < -0.3 is 10.0 Å². The van der Waals surface area contributed by atoms with Gasteiger partial charge in [-0.1, -0.05) is 30.5 Å². The quantitative estimate of drug-likeness (QED) is 0.573. The molecule has 2 N–H and O–H groups in total. The maximum Gasteiger partial charge on any atom is 0.335 e. The Bertz CT molecular complexity index is 1220. The summed E-state index contributed by atoms with van der Waals surface area (Å²) in [7, 11) is -4.12. The van der Waals surface area contributed by atoms with Crippen molar-refractivity contribution in [3.8, 4) is 6.07 Å². The fraction of sp³-hybridized carbons (Fsp3) is 0.417. The molecule has 2 aromatic carbocycles. The van der Waals surface area contributed by atoms with Crippen LogP contribution in [-0.4, -0.2) is 32.1 Å². The van der Waals surface area contributed by atoms with E-state index in [9.17, 15) is 23.6 Å². The molecule has 0 saturated carbocycles. The van der Waals surface area contributed by atoms with Crippen molar-refractivity contribution < 1.29 is 18.3 Å². The molecule has 2 aromatic rings. The third kappa shape index (κ3) is 4.94. The maximum atomic E-state index is 13.5. The number of nitrogens with one attached hydrogen (secondary N) is 1. The molecule has 0 aliphatic carbocycles. The number of nitrogens with zero attached hydrogens (tertiary/aromatic N) is 2. The number of carbonyl (C=O) groups is 1. The average Bonchev–Trinajstić information content (AvgIpc) is 2.80. The number of hydrogen-bond donors (Lipinski definition) is 2. The summed E-state index contributed by atoms with van der Waals surface area (Å²) in [5.74, 6) is -1.19.